The van der Waals surface area contributed by atoms with Gasteiger partial charge in [0.1, 0.15) is 5.82 Å². The van der Waals surface area contributed by atoms with Crippen LogP contribution in [0.15, 0.2) is 54.6 Å². The van der Waals surface area contributed by atoms with Crippen molar-refractivity contribution >= 4 is 11.8 Å². The minimum Gasteiger partial charge on any atom is -0.338 e. The molecule has 3 rings (SSSR count). The fourth-order valence-corrected chi connectivity index (χ4v) is 3.54. The number of carbonyl (C=O) groups excluding carboxylic acids is 2. The van der Waals surface area contributed by atoms with E-state index in [0.717, 1.165) is 11.1 Å². The summed E-state index contributed by atoms with van der Waals surface area (Å²) < 4.78 is 13.6. The molecule has 1 atom stereocenters. The highest BCUT2D eigenvalue weighted by Gasteiger charge is 2.28. The van der Waals surface area contributed by atoms with Crippen molar-refractivity contribution in [1.29, 1.82) is 0 Å². The first kappa shape index (κ1) is 20.0. The monoisotopic (exact) mass is 383 g/mol. The maximum atomic E-state index is 13.6. The molecule has 0 radical (unpaired) electrons. The van der Waals surface area contributed by atoms with Crippen molar-refractivity contribution in [1.82, 2.24) is 15.1 Å². The lowest BCUT2D eigenvalue weighted by Crippen LogP contribution is -2.49. The predicted molar refractivity (Wildman–Crippen MR) is 106 cm³/mol. The van der Waals surface area contributed by atoms with Crippen molar-refractivity contribution in [3.63, 3.8) is 0 Å². The molecule has 2 aromatic carbocycles. The van der Waals surface area contributed by atoms with Crippen LogP contribution in [0.4, 0.5) is 4.39 Å². The standard InChI is InChI=1S/C22H26FN3O2/c1-17(27)25(16-18-6-3-2-4-7-18)12-10-22(28)26-13-11-24-15-21(26)19-8-5-9-20(23)14-19/h2-9,14,21,24H,10-13,15-16H2,1H3. The lowest BCUT2D eigenvalue weighted by Gasteiger charge is -2.37. The average molecular weight is 383 g/mol. The van der Waals surface area contributed by atoms with Crippen LogP contribution in [-0.4, -0.2) is 47.8 Å². The van der Waals surface area contributed by atoms with E-state index in [1.165, 1.54) is 19.1 Å². The van der Waals surface area contributed by atoms with Crippen LogP contribution in [0.3, 0.4) is 0 Å². The van der Waals surface area contributed by atoms with Gasteiger partial charge in [-0.1, -0.05) is 42.5 Å². The smallest absolute Gasteiger partial charge is 0.224 e. The molecule has 148 valence electrons. The van der Waals surface area contributed by atoms with Crippen LogP contribution in [0.5, 0.6) is 0 Å². The van der Waals surface area contributed by atoms with Gasteiger partial charge in [0.05, 0.1) is 6.04 Å². The summed E-state index contributed by atoms with van der Waals surface area (Å²) >= 11 is 0. The van der Waals surface area contributed by atoms with Gasteiger partial charge in [-0.15, -0.1) is 0 Å². The average Bonchev–Trinajstić information content (AvgIpc) is 2.71. The number of halogens is 1. The first-order chi connectivity index (χ1) is 13.5. The van der Waals surface area contributed by atoms with Gasteiger partial charge < -0.3 is 15.1 Å². The zero-order valence-corrected chi connectivity index (χ0v) is 16.1. The SMILES string of the molecule is CC(=O)N(CCC(=O)N1CCNCC1c1cccc(F)c1)Cc1ccccc1. The molecule has 0 aromatic heterocycles. The van der Waals surface area contributed by atoms with Gasteiger partial charge in [-0.05, 0) is 23.3 Å². The minimum atomic E-state index is -0.305. The largest absolute Gasteiger partial charge is 0.338 e. The highest BCUT2D eigenvalue weighted by atomic mass is 19.1. The predicted octanol–water partition coefficient (Wildman–Crippen LogP) is 2.74. The fourth-order valence-electron chi connectivity index (χ4n) is 3.54. The van der Waals surface area contributed by atoms with Crippen molar-refractivity contribution in [2.75, 3.05) is 26.2 Å². The maximum absolute atomic E-state index is 13.6. The molecule has 1 N–H and O–H groups in total. The van der Waals surface area contributed by atoms with Gasteiger partial charge in [-0.2, -0.15) is 0 Å². The minimum absolute atomic E-state index is 0.0185. The first-order valence-electron chi connectivity index (χ1n) is 9.59. The molecule has 0 aliphatic carbocycles. The van der Waals surface area contributed by atoms with Crippen LogP contribution in [0.1, 0.15) is 30.5 Å². The Morgan fingerprint density at radius 3 is 2.68 bits per heavy atom. The highest BCUT2D eigenvalue weighted by Crippen LogP contribution is 2.23. The van der Waals surface area contributed by atoms with Crippen LogP contribution >= 0.6 is 0 Å². The summed E-state index contributed by atoms with van der Waals surface area (Å²) in [6.45, 7) is 4.24. The topological polar surface area (TPSA) is 52.7 Å². The Morgan fingerprint density at radius 1 is 1.18 bits per heavy atom. The van der Waals surface area contributed by atoms with Gasteiger partial charge >= 0.3 is 0 Å². The molecular weight excluding hydrogens is 357 g/mol. The van der Waals surface area contributed by atoms with Crippen molar-refractivity contribution < 1.29 is 14.0 Å². The lowest BCUT2D eigenvalue weighted by molar-refractivity contribution is -0.136. The number of nitrogens with zero attached hydrogens (tertiary/aromatic N) is 2. The van der Waals surface area contributed by atoms with Crippen LogP contribution in [-0.2, 0) is 16.1 Å². The summed E-state index contributed by atoms with van der Waals surface area (Å²) in [6, 6.07) is 15.9. The third-order valence-corrected chi connectivity index (χ3v) is 5.05. The zero-order valence-electron chi connectivity index (χ0n) is 16.1. The van der Waals surface area contributed by atoms with E-state index in [1.807, 2.05) is 36.4 Å². The number of hydrogen-bond acceptors (Lipinski definition) is 3. The Labute approximate surface area is 165 Å². The number of nitrogens with one attached hydrogen (secondary N) is 1. The summed E-state index contributed by atoms with van der Waals surface area (Å²) in [5.74, 6) is -0.380. The van der Waals surface area contributed by atoms with Gasteiger partial charge in [-0.3, -0.25) is 9.59 Å². The molecule has 1 unspecified atom stereocenters. The van der Waals surface area contributed by atoms with Gasteiger partial charge in [0.15, 0.2) is 0 Å². The quantitative estimate of drug-likeness (QED) is 0.835. The van der Waals surface area contributed by atoms with E-state index in [1.54, 1.807) is 15.9 Å². The number of amides is 2. The molecule has 1 aliphatic heterocycles. The molecule has 28 heavy (non-hydrogen) atoms. The second-order valence-electron chi connectivity index (χ2n) is 7.04. The van der Waals surface area contributed by atoms with Crippen LogP contribution < -0.4 is 5.32 Å². The Balaban J connectivity index is 1.65. The van der Waals surface area contributed by atoms with Crippen LogP contribution in [0, 0.1) is 5.82 Å². The normalized spacial score (nSPS) is 16.6. The lowest BCUT2D eigenvalue weighted by atomic mass is 10.0. The molecule has 1 aliphatic rings. The summed E-state index contributed by atoms with van der Waals surface area (Å²) in [5.41, 5.74) is 1.82. The Hall–Kier alpha value is -2.73. The molecule has 5 nitrogen and oxygen atoms in total. The molecule has 1 fully saturated rings. The molecular formula is C22H26FN3O2. The molecule has 1 heterocycles. The van der Waals surface area contributed by atoms with E-state index in [2.05, 4.69) is 5.32 Å². The van der Waals surface area contributed by atoms with Gasteiger partial charge in [-0.25, -0.2) is 4.39 Å². The summed E-state index contributed by atoms with van der Waals surface area (Å²) in [6.07, 6.45) is 0.248. The second kappa shape index (κ2) is 9.46. The Kier molecular flexibility index (Phi) is 6.76. The second-order valence-corrected chi connectivity index (χ2v) is 7.04. The molecule has 0 spiro atoms. The molecule has 0 bridgehead atoms. The maximum Gasteiger partial charge on any atom is 0.224 e. The van der Waals surface area contributed by atoms with E-state index in [-0.39, 0.29) is 30.1 Å². The van der Waals surface area contributed by atoms with Crippen molar-refractivity contribution in [3.05, 3.63) is 71.5 Å². The van der Waals surface area contributed by atoms with Crippen molar-refractivity contribution in [2.45, 2.75) is 25.9 Å². The van der Waals surface area contributed by atoms with Crippen molar-refractivity contribution in [2.24, 2.45) is 0 Å². The molecule has 2 aromatic rings. The number of piperazine rings is 1. The number of benzene rings is 2. The van der Waals surface area contributed by atoms with E-state index < -0.39 is 0 Å². The summed E-state index contributed by atoms with van der Waals surface area (Å²) in [5, 5.41) is 3.27. The number of carbonyl (C=O) groups is 2. The van der Waals surface area contributed by atoms with Crippen LogP contribution in [0.2, 0.25) is 0 Å². The number of rotatable bonds is 6. The van der Waals surface area contributed by atoms with E-state index in [0.29, 0.717) is 32.7 Å². The Morgan fingerprint density at radius 2 is 1.96 bits per heavy atom. The molecule has 6 heteroatoms. The van der Waals surface area contributed by atoms with Gasteiger partial charge in [0.25, 0.3) is 0 Å². The molecule has 0 saturated carbocycles. The third kappa shape index (κ3) is 5.16. The first-order valence-corrected chi connectivity index (χ1v) is 9.59. The van der Waals surface area contributed by atoms with E-state index >= 15 is 0 Å². The fraction of sp³-hybridized carbons (Fsp3) is 0.364. The van der Waals surface area contributed by atoms with E-state index in [9.17, 15) is 14.0 Å². The van der Waals surface area contributed by atoms with Crippen LogP contribution in [0.25, 0.3) is 0 Å². The van der Waals surface area contributed by atoms with Gasteiger partial charge in [0, 0.05) is 46.1 Å². The highest BCUT2D eigenvalue weighted by molar-refractivity contribution is 5.78. The third-order valence-electron chi connectivity index (χ3n) is 5.05. The van der Waals surface area contributed by atoms with E-state index in [4.69, 9.17) is 0 Å². The summed E-state index contributed by atoms with van der Waals surface area (Å²) in [4.78, 5) is 28.4. The zero-order chi connectivity index (χ0) is 19.9. The van der Waals surface area contributed by atoms with Gasteiger partial charge in [0.2, 0.25) is 11.8 Å². The number of hydrogen-bond donors (Lipinski definition) is 1. The Bertz CT molecular complexity index is 812. The van der Waals surface area contributed by atoms with Crippen molar-refractivity contribution in [3.8, 4) is 0 Å². The molecule has 1 saturated heterocycles. The summed E-state index contributed by atoms with van der Waals surface area (Å²) in [7, 11) is 0. The molecule has 2 amide bonds.